The Hall–Kier alpha value is -1.41. The average molecular weight is 290 g/mol. The van der Waals surface area contributed by atoms with Crippen molar-refractivity contribution in [1.29, 1.82) is 0 Å². The minimum Gasteiger partial charge on any atom is -0.369 e. The predicted molar refractivity (Wildman–Crippen MR) is 67.0 cm³/mol. The van der Waals surface area contributed by atoms with Gasteiger partial charge in [-0.1, -0.05) is 12.1 Å². The van der Waals surface area contributed by atoms with Gasteiger partial charge in [-0.2, -0.15) is 0 Å². The topological polar surface area (TPSA) is 98.5 Å². The second-order valence-corrected chi connectivity index (χ2v) is 5.59. The summed E-state index contributed by atoms with van der Waals surface area (Å²) < 4.78 is 36.1. The number of nitrogens with zero attached hydrogens (tertiary/aromatic N) is 1. The molecule has 1 rings (SSSR count). The molecule has 0 fully saturated rings. The van der Waals surface area contributed by atoms with Crippen LogP contribution in [-0.2, 0) is 19.6 Å². The van der Waals surface area contributed by atoms with Crippen LogP contribution in [0.3, 0.4) is 0 Å². The summed E-state index contributed by atoms with van der Waals surface area (Å²) in [6, 6.07) is 0. The molecule has 0 spiro atoms. The van der Waals surface area contributed by atoms with Crippen molar-refractivity contribution in [1.82, 2.24) is 9.88 Å². The first kappa shape index (κ1) is 15.6. The summed E-state index contributed by atoms with van der Waals surface area (Å²) in [5.41, 5.74) is 0.210. The van der Waals surface area contributed by atoms with Gasteiger partial charge in [0.1, 0.15) is 11.8 Å². The van der Waals surface area contributed by atoms with Gasteiger partial charge in [-0.05, 0) is 27.2 Å². The molecule has 0 aliphatic carbocycles. The van der Waals surface area contributed by atoms with Gasteiger partial charge in [0.15, 0.2) is 10.7 Å². The third-order valence-electron chi connectivity index (χ3n) is 2.50. The molecule has 1 atom stereocenters. The van der Waals surface area contributed by atoms with E-state index in [4.69, 9.17) is 9.26 Å². The van der Waals surface area contributed by atoms with E-state index in [0.29, 0.717) is 13.0 Å². The van der Waals surface area contributed by atoms with Crippen molar-refractivity contribution in [3.63, 3.8) is 0 Å². The van der Waals surface area contributed by atoms with Crippen LogP contribution in [-0.4, -0.2) is 32.2 Å². The number of aromatic nitrogens is 1. The first-order valence-corrected chi connectivity index (χ1v) is 7.42. The van der Waals surface area contributed by atoms with Gasteiger partial charge < -0.3 is 9.26 Å². The molecular formula is C11H18N2O5S. The smallest absolute Gasteiger partial charge is 0.269 e. The molecular weight excluding hydrogens is 272 g/mol. The summed E-state index contributed by atoms with van der Waals surface area (Å²) >= 11 is 0. The summed E-state index contributed by atoms with van der Waals surface area (Å²) in [4.78, 5) is 11.7. The molecule has 108 valence electrons. The molecule has 0 aliphatic heterocycles. The van der Waals surface area contributed by atoms with Crippen molar-refractivity contribution < 1.29 is 22.5 Å². The second-order valence-electron chi connectivity index (χ2n) is 3.98. The van der Waals surface area contributed by atoms with Crippen molar-refractivity contribution in [3.8, 4) is 0 Å². The number of carbonyl (C=O) groups is 1. The fourth-order valence-corrected chi connectivity index (χ4v) is 3.03. The third kappa shape index (κ3) is 3.54. The van der Waals surface area contributed by atoms with Gasteiger partial charge in [0.05, 0.1) is 0 Å². The third-order valence-corrected chi connectivity index (χ3v) is 4.09. The quantitative estimate of drug-likeness (QED) is 0.836. The first-order chi connectivity index (χ1) is 8.83. The van der Waals surface area contributed by atoms with E-state index in [1.807, 2.05) is 4.72 Å². The summed E-state index contributed by atoms with van der Waals surface area (Å²) in [7, 11) is -3.99. The van der Waals surface area contributed by atoms with Crippen molar-refractivity contribution in [2.45, 2.75) is 45.1 Å². The number of hydrogen-bond donors (Lipinski definition) is 1. The lowest BCUT2D eigenvalue weighted by atomic mass is 10.3. The Morgan fingerprint density at radius 2 is 2.05 bits per heavy atom. The molecule has 1 amide bonds. The highest BCUT2D eigenvalue weighted by molar-refractivity contribution is 7.90. The summed E-state index contributed by atoms with van der Waals surface area (Å²) in [6.45, 7) is 6.77. The predicted octanol–water partition coefficient (Wildman–Crippen LogP) is 0.911. The maximum absolute atomic E-state index is 12.1. The van der Waals surface area contributed by atoms with Gasteiger partial charge in [-0.15, -0.1) is 0 Å². The lowest BCUT2D eigenvalue weighted by Crippen LogP contribution is -2.40. The van der Waals surface area contributed by atoms with Crippen molar-refractivity contribution >= 4 is 15.9 Å². The van der Waals surface area contributed by atoms with Crippen molar-refractivity contribution in [2.75, 3.05) is 6.61 Å². The van der Waals surface area contributed by atoms with Crippen molar-refractivity contribution in [3.05, 3.63) is 11.5 Å². The average Bonchev–Trinajstić information content (AvgIpc) is 2.65. The molecule has 0 aliphatic rings. The standard InChI is InChI=1S/C11H18N2O5S/c1-5-9(17-6-2)11(14)13-19(15,16)10-7(3)12-18-8(10)4/h9H,5-6H2,1-4H3,(H,13,14). The molecule has 0 saturated carbocycles. The minimum absolute atomic E-state index is 0.104. The molecule has 1 unspecified atom stereocenters. The van der Waals surface area contributed by atoms with Crippen LogP contribution in [0, 0.1) is 13.8 Å². The van der Waals surface area contributed by atoms with Crippen LogP contribution in [0.25, 0.3) is 0 Å². The van der Waals surface area contributed by atoms with Crippen LogP contribution in [0.4, 0.5) is 0 Å². The Kier molecular flexibility index (Phi) is 5.07. The van der Waals surface area contributed by atoms with Crippen LogP contribution < -0.4 is 4.72 Å². The molecule has 1 heterocycles. The van der Waals surface area contributed by atoms with E-state index in [0.717, 1.165) is 0 Å². The van der Waals surface area contributed by atoms with E-state index in [-0.39, 0.29) is 16.3 Å². The highest BCUT2D eigenvalue weighted by atomic mass is 32.2. The molecule has 7 nitrogen and oxygen atoms in total. The van der Waals surface area contributed by atoms with Gasteiger partial charge in [0.2, 0.25) is 0 Å². The van der Waals surface area contributed by atoms with Crippen LogP contribution in [0.15, 0.2) is 9.42 Å². The zero-order valence-corrected chi connectivity index (χ0v) is 12.2. The molecule has 1 N–H and O–H groups in total. The fraction of sp³-hybridized carbons (Fsp3) is 0.636. The largest absolute Gasteiger partial charge is 0.369 e. The maximum Gasteiger partial charge on any atom is 0.269 e. The molecule has 0 bridgehead atoms. The van der Waals surface area contributed by atoms with Gasteiger partial charge in [-0.3, -0.25) is 4.79 Å². The first-order valence-electron chi connectivity index (χ1n) is 5.94. The molecule has 0 saturated heterocycles. The Morgan fingerprint density at radius 1 is 1.42 bits per heavy atom. The highest BCUT2D eigenvalue weighted by Crippen LogP contribution is 2.18. The van der Waals surface area contributed by atoms with E-state index in [2.05, 4.69) is 5.16 Å². The van der Waals surface area contributed by atoms with E-state index in [1.165, 1.54) is 13.8 Å². The molecule has 1 aromatic rings. The number of carbonyl (C=O) groups excluding carboxylic acids is 1. The molecule has 1 aromatic heterocycles. The van der Waals surface area contributed by atoms with E-state index in [9.17, 15) is 13.2 Å². The number of hydrogen-bond acceptors (Lipinski definition) is 6. The van der Waals surface area contributed by atoms with Crippen LogP contribution in [0.5, 0.6) is 0 Å². The highest BCUT2D eigenvalue weighted by Gasteiger charge is 2.28. The van der Waals surface area contributed by atoms with Gasteiger partial charge >= 0.3 is 0 Å². The summed E-state index contributed by atoms with van der Waals surface area (Å²) in [6.07, 6.45) is -0.406. The van der Waals surface area contributed by atoms with Gasteiger partial charge in [0, 0.05) is 6.61 Å². The number of ether oxygens (including phenoxy) is 1. The molecule has 0 aromatic carbocycles. The number of amides is 1. The number of nitrogens with one attached hydrogen (secondary N) is 1. The van der Waals surface area contributed by atoms with Gasteiger partial charge in [0.25, 0.3) is 15.9 Å². The fourth-order valence-electron chi connectivity index (χ4n) is 1.69. The van der Waals surface area contributed by atoms with E-state index in [1.54, 1.807) is 13.8 Å². The molecule has 8 heteroatoms. The van der Waals surface area contributed by atoms with Crippen molar-refractivity contribution in [2.24, 2.45) is 0 Å². The molecule has 19 heavy (non-hydrogen) atoms. The van der Waals surface area contributed by atoms with Crippen LogP contribution in [0.1, 0.15) is 31.7 Å². The monoisotopic (exact) mass is 290 g/mol. The zero-order chi connectivity index (χ0) is 14.6. The lowest BCUT2D eigenvalue weighted by molar-refractivity contribution is -0.130. The minimum atomic E-state index is -3.99. The Morgan fingerprint density at radius 3 is 2.47 bits per heavy atom. The second kappa shape index (κ2) is 6.16. The Balaban J connectivity index is 2.95. The van der Waals surface area contributed by atoms with Crippen LogP contribution in [0.2, 0.25) is 0 Å². The lowest BCUT2D eigenvalue weighted by Gasteiger charge is -2.14. The Labute approximate surface area is 112 Å². The SMILES string of the molecule is CCOC(CC)C(=O)NS(=O)(=O)c1c(C)noc1C. The van der Waals surface area contributed by atoms with Crippen LogP contribution >= 0.6 is 0 Å². The van der Waals surface area contributed by atoms with E-state index >= 15 is 0 Å². The number of rotatable bonds is 6. The van der Waals surface area contributed by atoms with E-state index < -0.39 is 22.0 Å². The normalized spacial score (nSPS) is 13.3. The van der Waals surface area contributed by atoms with Gasteiger partial charge in [-0.25, -0.2) is 13.1 Å². The Bertz CT molecular complexity index is 530. The zero-order valence-electron chi connectivity index (χ0n) is 11.4. The molecule has 0 radical (unpaired) electrons. The number of aryl methyl sites for hydroxylation is 2. The maximum atomic E-state index is 12.1. The summed E-state index contributed by atoms with van der Waals surface area (Å²) in [5.74, 6) is -0.549. The number of sulfonamides is 1. The summed E-state index contributed by atoms with van der Waals surface area (Å²) in [5, 5.41) is 3.55.